The van der Waals surface area contributed by atoms with E-state index in [2.05, 4.69) is 30.6 Å². The number of likely N-dealkylation sites (N-methyl/N-ethyl adjacent to an activating group) is 1. The minimum atomic E-state index is 0.412. The van der Waals surface area contributed by atoms with E-state index in [1.807, 2.05) is 0 Å². The van der Waals surface area contributed by atoms with Crippen molar-refractivity contribution in [2.75, 3.05) is 26.2 Å². The molecule has 0 aliphatic carbocycles. The van der Waals surface area contributed by atoms with Gasteiger partial charge in [0, 0.05) is 24.7 Å². The summed E-state index contributed by atoms with van der Waals surface area (Å²) in [6.45, 7) is 12.2. The fourth-order valence-corrected chi connectivity index (χ4v) is 3.06. The smallest absolute Gasteiger partial charge is 0.0283 e. The van der Waals surface area contributed by atoms with E-state index in [1.165, 1.54) is 39.0 Å². The predicted octanol–water partition coefficient (Wildman–Crippen LogP) is 1.56. The first kappa shape index (κ1) is 9.47. The van der Waals surface area contributed by atoms with Crippen LogP contribution in [0.5, 0.6) is 0 Å². The standard InChI is InChI=1S/C11H22N2/c1-4-12-8-10-6-5-7-13(10)11(2,3)9-12/h10H,4-9H2,1-3H3. The van der Waals surface area contributed by atoms with Gasteiger partial charge in [0.05, 0.1) is 0 Å². The van der Waals surface area contributed by atoms with Crippen molar-refractivity contribution in [3.8, 4) is 0 Å². The van der Waals surface area contributed by atoms with E-state index < -0.39 is 0 Å². The van der Waals surface area contributed by atoms with Crippen molar-refractivity contribution >= 4 is 0 Å². The number of hydrogen-bond donors (Lipinski definition) is 0. The number of fused-ring (bicyclic) bond motifs is 1. The second-order valence-corrected chi connectivity index (χ2v) is 5.13. The minimum Gasteiger partial charge on any atom is -0.300 e. The summed E-state index contributed by atoms with van der Waals surface area (Å²) < 4.78 is 0. The average Bonchev–Trinajstić information content (AvgIpc) is 2.51. The molecule has 2 saturated heterocycles. The molecule has 2 nitrogen and oxygen atoms in total. The Morgan fingerprint density at radius 3 is 2.85 bits per heavy atom. The molecule has 2 fully saturated rings. The molecule has 0 amide bonds. The van der Waals surface area contributed by atoms with Crippen molar-refractivity contribution in [3.05, 3.63) is 0 Å². The van der Waals surface area contributed by atoms with Crippen molar-refractivity contribution < 1.29 is 0 Å². The summed E-state index contributed by atoms with van der Waals surface area (Å²) in [6, 6.07) is 0.851. The summed E-state index contributed by atoms with van der Waals surface area (Å²) in [5.74, 6) is 0. The number of piperazine rings is 1. The molecule has 0 radical (unpaired) electrons. The molecular weight excluding hydrogens is 160 g/mol. The molecule has 0 saturated carbocycles. The summed E-state index contributed by atoms with van der Waals surface area (Å²) in [5, 5.41) is 0. The van der Waals surface area contributed by atoms with Crippen LogP contribution < -0.4 is 0 Å². The van der Waals surface area contributed by atoms with E-state index in [1.54, 1.807) is 0 Å². The van der Waals surface area contributed by atoms with Gasteiger partial charge in [-0.05, 0) is 39.8 Å². The number of hydrogen-bond acceptors (Lipinski definition) is 2. The highest BCUT2D eigenvalue weighted by molar-refractivity contribution is 4.98. The van der Waals surface area contributed by atoms with Crippen LogP contribution in [0.4, 0.5) is 0 Å². The van der Waals surface area contributed by atoms with Gasteiger partial charge in [0.15, 0.2) is 0 Å². The van der Waals surface area contributed by atoms with Crippen LogP contribution in [0, 0.1) is 0 Å². The van der Waals surface area contributed by atoms with Crippen LogP contribution in [0.1, 0.15) is 33.6 Å². The third kappa shape index (κ3) is 1.62. The molecule has 2 heterocycles. The minimum absolute atomic E-state index is 0.412. The maximum atomic E-state index is 2.72. The van der Waals surface area contributed by atoms with Gasteiger partial charge in [0.25, 0.3) is 0 Å². The fourth-order valence-electron chi connectivity index (χ4n) is 3.06. The van der Waals surface area contributed by atoms with Gasteiger partial charge in [-0.25, -0.2) is 0 Å². The lowest BCUT2D eigenvalue weighted by Gasteiger charge is -2.49. The molecule has 1 unspecified atom stereocenters. The normalized spacial score (nSPS) is 34.8. The Labute approximate surface area is 81.9 Å². The van der Waals surface area contributed by atoms with Gasteiger partial charge in [-0.2, -0.15) is 0 Å². The Balaban J connectivity index is 2.11. The maximum Gasteiger partial charge on any atom is 0.0283 e. The van der Waals surface area contributed by atoms with Crippen LogP contribution in [-0.2, 0) is 0 Å². The first-order chi connectivity index (χ1) is 6.13. The highest BCUT2D eigenvalue weighted by Crippen LogP contribution is 2.31. The summed E-state index contributed by atoms with van der Waals surface area (Å²) in [5.41, 5.74) is 0.412. The van der Waals surface area contributed by atoms with Gasteiger partial charge in [0.1, 0.15) is 0 Å². The molecular formula is C11H22N2. The number of rotatable bonds is 1. The third-order valence-electron chi connectivity index (χ3n) is 3.68. The third-order valence-corrected chi connectivity index (χ3v) is 3.68. The molecule has 2 aliphatic heterocycles. The SMILES string of the molecule is CCN1CC2CCCN2C(C)(C)C1. The van der Waals surface area contributed by atoms with Gasteiger partial charge in [-0.3, -0.25) is 4.90 Å². The summed E-state index contributed by atoms with van der Waals surface area (Å²) >= 11 is 0. The lowest BCUT2D eigenvalue weighted by atomic mass is 9.96. The maximum absolute atomic E-state index is 2.72. The lowest BCUT2D eigenvalue weighted by molar-refractivity contribution is 0.00172. The average molecular weight is 182 g/mol. The predicted molar refractivity (Wildman–Crippen MR) is 55.9 cm³/mol. The van der Waals surface area contributed by atoms with Gasteiger partial charge in [0.2, 0.25) is 0 Å². The van der Waals surface area contributed by atoms with Crippen LogP contribution >= 0.6 is 0 Å². The van der Waals surface area contributed by atoms with Crippen molar-refractivity contribution in [1.29, 1.82) is 0 Å². The Morgan fingerprint density at radius 2 is 2.15 bits per heavy atom. The largest absolute Gasteiger partial charge is 0.300 e. The zero-order chi connectivity index (χ0) is 9.47. The zero-order valence-electron chi connectivity index (χ0n) is 9.21. The monoisotopic (exact) mass is 182 g/mol. The summed E-state index contributed by atoms with van der Waals surface area (Å²) in [4.78, 5) is 5.33. The molecule has 0 bridgehead atoms. The second kappa shape index (κ2) is 3.25. The molecule has 1 atom stereocenters. The van der Waals surface area contributed by atoms with Gasteiger partial charge < -0.3 is 4.90 Å². The fraction of sp³-hybridized carbons (Fsp3) is 1.00. The lowest BCUT2D eigenvalue weighted by Crippen LogP contribution is -2.61. The van der Waals surface area contributed by atoms with Crippen LogP contribution in [0.15, 0.2) is 0 Å². The van der Waals surface area contributed by atoms with Crippen LogP contribution in [0.25, 0.3) is 0 Å². The molecule has 76 valence electrons. The molecule has 13 heavy (non-hydrogen) atoms. The zero-order valence-corrected chi connectivity index (χ0v) is 9.21. The van der Waals surface area contributed by atoms with Crippen molar-refractivity contribution in [3.63, 3.8) is 0 Å². The van der Waals surface area contributed by atoms with E-state index >= 15 is 0 Å². The van der Waals surface area contributed by atoms with E-state index in [0.29, 0.717) is 5.54 Å². The van der Waals surface area contributed by atoms with Crippen LogP contribution in [0.3, 0.4) is 0 Å². The topological polar surface area (TPSA) is 6.48 Å². The van der Waals surface area contributed by atoms with Gasteiger partial charge in [-0.1, -0.05) is 6.92 Å². The van der Waals surface area contributed by atoms with E-state index in [-0.39, 0.29) is 0 Å². The Bertz CT molecular complexity index is 189. The van der Waals surface area contributed by atoms with Crippen molar-refractivity contribution in [1.82, 2.24) is 9.80 Å². The van der Waals surface area contributed by atoms with Crippen LogP contribution in [-0.4, -0.2) is 47.6 Å². The molecule has 2 rings (SSSR count). The van der Waals surface area contributed by atoms with Gasteiger partial charge >= 0.3 is 0 Å². The molecule has 0 spiro atoms. The Morgan fingerprint density at radius 1 is 1.38 bits per heavy atom. The van der Waals surface area contributed by atoms with E-state index in [9.17, 15) is 0 Å². The van der Waals surface area contributed by atoms with Gasteiger partial charge in [-0.15, -0.1) is 0 Å². The second-order valence-electron chi connectivity index (χ2n) is 5.13. The number of nitrogens with zero attached hydrogens (tertiary/aromatic N) is 2. The van der Waals surface area contributed by atoms with Crippen molar-refractivity contribution in [2.24, 2.45) is 0 Å². The highest BCUT2D eigenvalue weighted by Gasteiger charge is 2.41. The van der Waals surface area contributed by atoms with E-state index in [0.717, 1.165) is 6.04 Å². The van der Waals surface area contributed by atoms with Crippen LogP contribution in [0.2, 0.25) is 0 Å². The highest BCUT2D eigenvalue weighted by atomic mass is 15.3. The first-order valence-electron chi connectivity index (χ1n) is 5.62. The molecule has 0 aromatic carbocycles. The first-order valence-corrected chi connectivity index (χ1v) is 5.62. The van der Waals surface area contributed by atoms with E-state index in [4.69, 9.17) is 0 Å². The molecule has 0 aromatic heterocycles. The molecule has 2 heteroatoms. The summed E-state index contributed by atoms with van der Waals surface area (Å²) in [6.07, 6.45) is 2.82. The summed E-state index contributed by atoms with van der Waals surface area (Å²) in [7, 11) is 0. The van der Waals surface area contributed by atoms with Crippen molar-refractivity contribution in [2.45, 2.75) is 45.2 Å². The molecule has 0 aromatic rings. The molecule has 0 N–H and O–H groups in total. The Kier molecular flexibility index (Phi) is 2.37. The molecule has 2 aliphatic rings. The quantitative estimate of drug-likeness (QED) is 0.607. The Hall–Kier alpha value is -0.0800.